The molecule has 33 heavy (non-hydrogen) atoms. The Balaban J connectivity index is 1.48. The lowest BCUT2D eigenvalue weighted by Gasteiger charge is -2.34. The second-order valence-electron chi connectivity index (χ2n) is 7.37. The molecule has 1 fully saturated rings. The molecule has 0 radical (unpaired) electrons. The van der Waals surface area contributed by atoms with E-state index in [4.69, 9.17) is 12.2 Å². The van der Waals surface area contributed by atoms with Crippen molar-refractivity contribution in [2.45, 2.75) is 6.54 Å². The summed E-state index contributed by atoms with van der Waals surface area (Å²) in [6.07, 6.45) is 1.58. The lowest BCUT2D eigenvalue weighted by atomic mass is 10.1. The fourth-order valence-electron chi connectivity index (χ4n) is 3.67. The van der Waals surface area contributed by atoms with Crippen molar-refractivity contribution < 1.29 is 14.5 Å². The van der Waals surface area contributed by atoms with Gasteiger partial charge in [-0.25, -0.2) is 0 Å². The molecule has 3 heterocycles. The van der Waals surface area contributed by atoms with Crippen LogP contribution in [-0.2, 0) is 6.54 Å². The standard InChI is InChI=1S/C21H19N5O5S2/c1-2-7-25-19(28)14-4-3-13(12-15(14)22-21(25)32)18(27)23-8-10-24(11-9-23)20(29)16-5-6-17(33-16)26(30)31/h2-6,12H,1,7-11H2,(H,22,32). The summed E-state index contributed by atoms with van der Waals surface area (Å²) in [5.74, 6) is -0.500. The first-order chi connectivity index (χ1) is 15.8. The molecule has 170 valence electrons. The van der Waals surface area contributed by atoms with Crippen molar-refractivity contribution >= 4 is 51.3 Å². The fraction of sp³-hybridized carbons (Fsp3) is 0.238. The van der Waals surface area contributed by atoms with E-state index in [1.165, 1.54) is 16.7 Å². The van der Waals surface area contributed by atoms with E-state index in [2.05, 4.69) is 11.6 Å². The number of thiophene rings is 1. The average molecular weight is 486 g/mol. The van der Waals surface area contributed by atoms with Crippen molar-refractivity contribution in [3.63, 3.8) is 0 Å². The first-order valence-electron chi connectivity index (χ1n) is 10.0. The number of aromatic amines is 1. The normalized spacial score (nSPS) is 13.8. The predicted octanol–water partition coefficient (Wildman–Crippen LogP) is 2.81. The number of allylic oxidation sites excluding steroid dienone is 1. The highest BCUT2D eigenvalue weighted by Crippen LogP contribution is 2.25. The zero-order valence-electron chi connectivity index (χ0n) is 17.4. The van der Waals surface area contributed by atoms with Crippen LogP contribution in [0.1, 0.15) is 20.0 Å². The first kappa shape index (κ1) is 22.6. The Morgan fingerprint density at radius 1 is 1.15 bits per heavy atom. The molecule has 0 unspecified atom stereocenters. The van der Waals surface area contributed by atoms with Crippen LogP contribution in [0.5, 0.6) is 0 Å². The maximum Gasteiger partial charge on any atom is 0.324 e. The summed E-state index contributed by atoms with van der Waals surface area (Å²) in [6, 6.07) is 7.57. The first-order valence-corrected chi connectivity index (χ1v) is 11.2. The van der Waals surface area contributed by atoms with Gasteiger partial charge in [0.15, 0.2) is 4.77 Å². The van der Waals surface area contributed by atoms with Crippen LogP contribution in [-0.4, -0.2) is 62.3 Å². The number of carbonyl (C=O) groups is 2. The molecule has 0 bridgehead atoms. The molecule has 0 spiro atoms. The maximum atomic E-state index is 13.0. The molecule has 1 N–H and O–H groups in total. The molecular formula is C21H19N5O5S2. The number of H-pyrrole nitrogens is 1. The molecule has 4 rings (SSSR count). The second-order valence-corrected chi connectivity index (χ2v) is 8.82. The summed E-state index contributed by atoms with van der Waals surface area (Å²) >= 11 is 6.09. The minimum atomic E-state index is -0.525. The van der Waals surface area contributed by atoms with Gasteiger partial charge < -0.3 is 14.8 Å². The predicted molar refractivity (Wildman–Crippen MR) is 126 cm³/mol. The van der Waals surface area contributed by atoms with E-state index in [0.29, 0.717) is 47.5 Å². The number of benzene rings is 1. The van der Waals surface area contributed by atoms with Crippen LogP contribution in [0.2, 0.25) is 0 Å². The van der Waals surface area contributed by atoms with Gasteiger partial charge in [-0.2, -0.15) is 0 Å². The number of nitrogens with zero attached hydrogens (tertiary/aromatic N) is 4. The maximum absolute atomic E-state index is 13.0. The van der Waals surface area contributed by atoms with E-state index in [-0.39, 0.29) is 33.7 Å². The number of aromatic nitrogens is 2. The number of amides is 2. The van der Waals surface area contributed by atoms with Gasteiger partial charge in [0.2, 0.25) is 0 Å². The van der Waals surface area contributed by atoms with Gasteiger partial charge >= 0.3 is 5.00 Å². The Kier molecular flexibility index (Phi) is 6.20. The molecule has 0 atom stereocenters. The van der Waals surface area contributed by atoms with Crippen LogP contribution in [0.25, 0.3) is 10.9 Å². The third kappa shape index (κ3) is 4.34. The summed E-state index contributed by atoms with van der Waals surface area (Å²) in [7, 11) is 0. The van der Waals surface area contributed by atoms with Crippen molar-refractivity contribution in [1.82, 2.24) is 19.4 Å². The van der Waals surface area contributed by atoms with E-state index in [1.54, 1.807) is 34.1 Å². The molecule has 12 heteroatoms. The Morgan fingerprint density at radius 3 is 2.42 bits per heavy atom. The number of carbonyl (C=O) groups excluding carboxylic acids is 2. The summed E-state index contributed by atoms with van der Waals surface area (Å²) in [4.78, 5) is 55.1. The highest BCUT2D eigenvalue weighted by Gasteiger charge is 2.27. The molecule has 3 aromatic rings. The zero-order chi connectivity index (χ0) is 23.7. The second kappa shape index (κ2) is 9.08. The number of hydrogen-bond acceptors (Lipinski definition) is 7. The SMILES string of the molecule is C=CCn1c(=S)[nH]c2cc(C(=O)N3CCN(C(=O)c4ccc([N+](=O)[O-])s4)CC3)ccc2c1=O. The molecule has 2 aromatic heterocycles. The van der Waals surface area contributed by atoms with Gasteiger partial charge in [-0.1, -0.05) is 17.4 Å². The molecule has 1 aliphatic heterocycles. The molecule has 1 aromatic carbocycles. The minimum absolute atomic E-state index is 0.0845. The largest absolute Gasteiger partial charge is 0.335 e. The monoisotopic (exact) mass is 485 g/mol. The quantitative estimate of drug-likeness (QED) is 0.257. The third-order valence-electron chi connectivity index (χ3n) is 5.38. The summed E-state index contributed by atoms with van der Waals surface area (Å²) < 4.78 is 1.64. The number of piperazine rings is 1. The molecule has 0 aliphatic carbocycles. The van der Waals surface area contributed by atoms with E-state index >= 15 is 0 Å². The fourth-order valence-corrected chi connectivity index (χ4v) is 4.73. The molecule has 1 aliphatic rings. The van der Waals surface area contributed by atoms with Crippen molar-refractivity contribution in [2.75, 3.05) is 26.2 Å². The Bertz CT molecular complexity index is 1400. The third-order valence-corrected chi connectivity index (χ3v) is 6.72. The van der Waals surface area contributed by atoms with E-state index in [1.807, 2.05) is 0 Å². The van der Waals surface area contributed by atoms with Gasteiger partial charge in [0.25, 0.3) is 17.4 Å². The van der Waals surface area contributed by atoms with E-state index in [0.717, 1.165) is 11.3 Å². The van der Waals surface area contributed by atoms with Gasteiger partial charge in [0.05, 0.1) is 20.7 Å². The number of nitrogens with one attached hydrogen (secondary N) is 1. The van der Waals surface area contributed by atoms with Gasteiger partial charge in [0.1, 0.15) is 0 Å². The Hall–Kier alpha value is -3.64. The minimum Gasteiger partial charge on any atom is -0.335 e. The van der Waals surface area contributed by atoms with Crippen LogP contribution in [0.15, 0.2) is 47.8 Å². The van der Waals surface area contributed by atoms with Crippen molar-refractivity contribution in [2.24, 2.45) is 0 Å². The van der Waals surface area contributed by atoms with Gasteiger partial charge in [0, 0.05) is 44.4 Å². The summed E-state index contributed by atoms with van der Waals surface area (Å²) in [6.45, 7) is 5.20. The Morgan fingerprint density at radius 2 is 1.82 bits per heavy atom. The zero-order valence-corrected chi connectivity index (χ0v) is 19.0. The molecule has 10 nitrogen and oxygen atoms in total. The topological polar surface area (TPSA) is 122 Å². The highest BCUT2D eigenvalue weighted by atomic mass is 32.1. The van der Waals surface area contributed by atoms with Gasteiger partial charge in [-0.3, -0.25) is 29.1 Å². The van der Waals surface area contributed by atoms with E-state index < -0.39 is 4.92 Å². The van der Waals surface area contributed by atoms with Crippen LogP contribution < -0.4 is 5.56 Å². The van der Waals surface area contributed by atoms with Crippen LogP contribution in [0.3, 0.4) is 0 Å². The lowest BCUT2D eigenvalue weighted by Crippen LogP contribution is -2.50. The highest BCUT2D eigenvalue weighted by molar-refractivity contribution is 7.71. The van der Waals surface area contributed by atoms with Crippen LogP contribution in [0.4, 0.5) is 5.00 Å². The number of nitro groups is 1. The van der Waals surface area contributed by atoms with E-state index in [9.17, 15) is 24.5 Å². The van der Waals surface area contributed by atoms with Crippen LogP contribution in [0, 0.1) is 14.9 Å². The number of hydrogen-bond donors (Lipinski definition) is 1. The van der Waals surface area contributed by atoms with Gasteiger partial charge in [-0.05, 0) is 36.5 Å². The molecular weight excluding hydrogens is 466 g/mol. The summed E-state index contributed by atoms with van der Waals surface area (Å²) in [5, 5.41) is 11.2. The molecule has 0 saturated carbocycles. The number of rotatable bonds is 5. The van der Waals surface area contributed by atoms with Crippen LogP contribution >= 0.6 is 23.6 Å². The average Bonchev–Trinajstić information content (AvgIpc) is 3.31. The van der Waals surface area contributed by atoms with Crippen molar-refractivity contribution in [3.05, 3.63) is 78.7 Å². The smallest absolute Gasteiger partial charge is 0.324 e. The summed E-state index contributed by atoms with van der Waals surface area (Å²) in [5.41, 5.74) is 0.625. The number of fused-ring (bicyclic) bond motifs is 1. The van der Waals surface area contributed by atoms with Crippen molar-refractivity contribution in [1.29, 1.82) is 0 Å². The van der Waals surface area contributed by atoms with Crippen molar-refractivity contribution in [3.8, 4) is 0 Å². The molecule has 2 amide bonds. The van der Waals surface area contributed by atoms with Gasteiger partial charge in [-0.15, -0.1) is 6.58 Å². The molecule has 1 saturated heterocycles. The lowest BCUT2D eigenvalue weighted by molar-refractivity contribution is -0.380. The Labute approximate surface area is 196 Å².